The van der Waals surface area contributed by atoms with Crippen molar-refractivity contribution in [1.82, 2.24) is 9.88 Å². The van der Waals surface area contributed by atoms with E-state index in [4.69, 9.17) is 4.74 Å². The van der Waals surface area contributed by atoms with Crippen LogP contribution >= 0.6 is 11.3 Å². The molecule has 1 aliphatic heterocycles. The van der Waals surface area contributed by atoms with Crippen LogP contribution in [0, 0.1) is 12.7 Å². The van der Waals surface area contributed by atoms with Gasteiger partial charge in [0.2, 0.25) is 0 Å². The number of para-hydroxylation sites is 1. The third-order valence-electron chi connectivity index (χ3n) is 5.07. The molecule has 1 fully saturated rings. The van der Waals surface area contributed by atoms with E-state index >= 15 is 0 Å². The van der Waals surface area contributed by atoms with E-state index in [1.807, 2.05) is 47.1 Å². The zero-order valence-corrected chi connectivity index (χ0v) is 17.2. The average molecular weight is 412 g/mol. The molecule has 150 valence electrons. The number of nitrogens with zero attached hydrogens (tertiary/aromatic N) is 3. The lowest BCUT2D eigenvalue weighted by molar-refractivity contribution is 0.0750. The number of carbonyl (C=O) groups is 1. The first-order valence-corrected chi connectivity index (χ1v) is 10.3. The zero-order valence-electron chi connectivity index (χ0n) is 16.4. The van der Waals surface area contributed by atoms with E-state index in [-0.39, 0.29) is 11.7 Å². The summed E-state index contributed by atoms with van der Waals surface area (Å²) in [7, 11) is 1.63. The molecule has 29 heavy (non-hydrogen) atoms. The van der Waals surface area contributed by atoms with Gasteiger partial charge in [-0.3, -0.25) is 4.79 Å². The Hall–Kier alpha value is -2.93. The van der Waals surface area contributed by atoms with Gasteiger partial charge in [0.1, 0.15) is 21.5 Å². The van der Waals surface area contributed by atoms with Crippen LogP contribution in [0.1, 0.15) is 15.4 Å². The second-order valence-electron chi connectivity index (χ2n) is 6.90. The lowest BCUT2D eigenvalue weighted by atomic mass is 10.2. The predicted octanol–water partition coefficient (Wildman–Crippen LogP) is 4.23. The third-order valence-corrected chi connectivity index (χ3v) is 6.26. The van der Waals surface area contributed by atoms with Gasteiger partial charge in [-0.05, 0) is 31.2 Å². The van der Waals surface area contributed by atoms with E-state index in [1.54, 1.807) is 19.2 Å². The molecule has 0 unspecified atom stereocenters. The molecular weight excluding hydrogens is 389 g/mol. The first kappa shape index (κ1) is 19.4. The number of hydrogen-bond donors (Lipinski definition) is 0. The molecule has 2 aromatic carbocycles. The molecule has 4 rings (SSSR count). The van der Waals surface area contributed by atoms with Crippen molar-refractivity contribution < 1.29 is 13.9 Å². The van der Waals surface area contributed by atoms with Crippen molar-refractivity contribution >= 4 is 22.9 Å². The Bertz CT molecular complexity index is 1030. The van der Waals surface area contributed by atoms with Gasteiger partial charge < -0.3 is 14.5 Å². The molecule has 1 aliphatic rings. The Morgan fingerprint density at radius 2 is 1.86 bits per heavy atom. The van der Waals surface area contributed by atoms with Gasteiger partial charge in [0.05, 0.1) is 18.5 Å². The highest BCUT2D eigenvalue weighted by Gasteiger charge is 2.26. The molecule has 0 atom stereocenters. The van der Waals surface area contributed by atoms with Crippen molar-refractivity contribution in [1.29, 1.82) is 0 Å². The van der Waals surface area contributed by atoms with Crippen molar-refractivity contribution in [2.75, 3.05) is 38.2 Å². The topological polar surface area (TPSA) is 45.7 Å². The van der Waals surface area contributed by atoms with Crippen LogP contribution < -0.4 is 9.64 Å². The molecule has 0 N–H and O–H groups in total. The van der Waals surface area contributed by atoms with Gasteiger partial charge in [-0.1, -0.05) is 24.3 Å². The smallest absolute Gasteiger partial charge is 0.265 e. The normalized spacial score (nSPS) is 14.2. The van der Waals surface area contributed by atoms with Crippen LogP contribution in [0.5, 0.6) is 5.75 Å². The Morgan fingerprint density at radius 3 is 2.59 bits per heavy atom. The maximum absolute atomic E-state index is 14.0. The number of amides is 1. The number of carbonyl (C=O) groups excluding carboxylic acids is 1. The molecule has 0 aliphatic carbocycles. The highest BCUT2D eigenvalue weighted by molar-refractivity contribution is 7.17. The van der Waals surface area contributed by atoms with Crippen molar-refractivity contribution in [3.8, 4) is 16.3 Å². The molecule has 0 saturated carbocycles. The first-order valence-electron chi connectivity index (χ1n) is 9.47. The van der Waals surface area contributed by atoms with E-state index in [2.05, 4.69) is 4.98 Å². The van der Waals surface area contributed by atoms with Gasteiger partial charge in [-0.15, -0.1) is 11.3 Å². The van der Waals surface area contributed by atoms with Crippen molar-refractivity contribution in [2.45, 2.75) is 6.92 Å². The Kier molecular flexibility index (Phi) is 5.49. The van der Waals surface area contributed by atoms with Gasteiger partial charge in [0.25, 0.3) is 5.91 Å². The zero-order chi connectivity index (χ0) is 20.4. The van der Waals surface area contributed by atoms with E-state index in [1.165, 1.54) is 17.4 Å². The molecule has 1 amide bonds. The van der Waals surface area contributed by atoms with Crippen LogP contribution in [0.4, 0.5) is 10.1 Å². The number of benzene rings is 2. The predicted molar refractivity (Wildman–Crippen MR) is 113 cm³/mol. The summed E-state index contributed by atoms with van der Waals surface area (Å²) in [6, 6.07) is 14.4. The summed E-state index contributed by atoms with van der Waals surface area (Å²) in [5, 5.41) is 0.801. The maximum atomic E-state index is 14.0. The molecule has 0 spiro atoms. The van der Waals surface area contributed by atoms with E-state index < -0.39 is 0 Å². The molecule has 2 heterocycles. The van der Waals surface area contributed by atoms with Crippen molar-refractivity contribution in [3.05, 3.63) is 64.9 Å². The number of hydrogen-bond acceptors (Lipinski definition) is 5. The number of methoxy groups -OCH3 is 1. The standard InChI is InChI=1S/C22H22FN3O2S/c1-15-20(29-21(24-15)16-6-5-7-17(14-16)28-2)22(27)26-12-10-25(11-13-26)19-9-4-3-8-18(19)23/h3-9,14H,10-13H2,1-2H3. The van der Waals surface area contributed by atoms with Crippen LogP contribution in [0.2, 0.25) is 0 Å². The molecular formula is C22H22FN3O2S. The molecule has 1 saturated heterocycles. The van der Waals surface area contributed by atoms with Crippen molar-refractivity contribution in [2.24, 2.45) is 0 Å². The van der Waals surface area contributed by atoms with E-state index in [0.717, 1.165) is 22.0 Å². The van der Waals surface area contributed by atoms with Crippen molar-refractivity contribution in [3.63, 3.8) is 0 Å². The maximum Gasteiger partial charge on any atom is 0.265 e. The Balaban J connectivity index is 1.48. The number of thiazole rings is 1. The van der Waals surface area contributed by atoms with Gasteiger partial charge in [0, 0.05) is 31.7 Å². The largest absolute Gasteiger partial charge is 0.497 e. The lowest BCUT2D eigenvalue weighted by Crippen LogP contribution is -2.49. The highest BCUT2D eigenvalue weighted by Crippen LogP contribution is 2.31. The lowest BCUT2D eigenvalue weighted by Gasteiger charge is -2.36. The number of aromatic nitrogens is 1. The quantitative estimate of drug-likeness (QED) is 0.645. The van der Waals surface area contributed by atoms with Crippen LogP contribution in [-0.4, -0.2) is 49.1 Å². The molecule has 5 nitrogen and oxygen atoms in total. The summed E-state index contributed by atoms with van der Waals surface area (Å²) in [6.07, 6.45) is 0. The van der Waals surface area contributed by atoms with Crippen LogP contribution in [-0.2, 0) is 0 Å². The minimum Gasteiger partial charge on any atom is -0.497 e. The van der Waals surface area contributed by atoms with Gasteiger partial charge >= 0.3 is 0 Å². The fourth-order valence-electron chi connectivity index (χ4n) is 3.48. The minimum absolute atomic E-state index is 0.0117. The average Bonchev–Trinajstić information content (AvgIpc) is 3.15. The number of piperazine rings is 1. The third kappa shape index (κ3) is 3.96. The summed E-state index contributed by atoms with van der Waals surface area (Å²) in [5.74, 6) is 0.517. The monoisotopic (exact) mass is 411 g/mol. The molecule has 0 radical (unpaired) electrons. The van der Waals surface area contributed by atoms with Crippen LogP contribution in [0.25, 0.3) is 10.6 Å². The summed E-state index contributed by atoms with van der Waals surface area (Å²) >= 11 is 1.40. The van der Waals surface area contributed by atoms with E-state index in [9.17, 15) is 9.18 Å². The number of halogens is 1. The fourth-order valence-corrected chi connectivity index (χ4v) is 4.51. The highest BCUT2D eigenvalue weighted by atomic mass is 32.1. The molecule has 3 aromatic rings. The summed E-state index contributed by atoms with van der Waals surface area (Å²) in [6.45, 7) is 4.18. The molecule has 0 bridgehead atoms. The SMILES string of the molecule is COc1cccc(-c2nc(C)c(C(=O)N3CCN(c4ccccc4F)CC3)s2)c1. The van der Waals surface area contributed by atoms with Crippen LogP contribution in [0.3, 0.4) is 0 Å². The first-order chi connectivity index (χ1) is 14.1. The van der Waals surface area contributed by atoms with E-state index in [0.29, 0.717) is 36.7 Å². The van der Waals surface area contributed by atoms with Gasteiger partial charge in [-0.2, -0.15) is 0 Å². The van der Waals surface area contributed by atoms with Gasteiger partial charge in [-0.25, -0.2) is 9.37 Å². The van der Waals surface area contributed by atoms with Gasteiger partial charge in [0.15, 0.2) is 0 Å². The number of aryl methyl sites for hydroxylation is 1. The summed E-state index contributed by atoms with van der Waals surface area (Å²) < 4.78 is 19.3. The van der Waals surface area contributed by atoms with Crippen LogP contribution in [0.15, 0.2) is 48.5 Å². The summed E-state index contributed by atoms with van der Waals surface area (Å²) in [4.78, 5) is 22.1. The fraction of sp³-hybridized carbons (Fsp3) is 0.273. The molecule has 7 heteroatoms. The Labute approximate surface area is 173 Å². The molecule has 1 aromatic heterocycles. The second kappa shape index (κ2) is 8.21. The minimum atomic E-state index is -0.228. The Morgan fingerprint density at radius 1 is 1.10 bits per heavy atom. The number of anilines is 1. The number of ether oxygens (including phenoxy) is 1. The number of rotatable bonds is 4. The summed E-state index contributed by atoms with van der Waals surface area (Å²) in [5.41, 5.74) is 2.25. The second-order valence-corrected chi connectivity index (χ2v) is 7.90.